The number of carbonyl (C=O) groups excluding carboxylic acids is 2. The van der Waals surface area contributed by atoms with E-state index < -0.39 is 0 Å². The molecule has 2 fully saturated rings. The molecule has 2 aliphatic heterocycles. The van der Waals surface area contributed by atoms with Gasteiger partial charge in [-0.05, 0) is 55.9 Å². The zero-order chi connectivity index (χ0) is 23.5. The van der Waals surface area contributed by atoms with Crippen LogP contribution >= 0.6 is 11.3 Å². The van der Waals surface area contributed by atoms with Gasteiger partial charge in [-0.3, -0.25) is 9.59 Å². The van der Waals surface area contributed by atoms with Crippen LogP contribution in [0, 0.1) is 0 Å². The van der Waals surface area contributed by atoms with Gasteiger partial charge >= 0.3 is 0 Å². The maximum atomic E-state index is 13.8. The number of fused-ring (bicyclic) bond motifs is 1. The summed E-state index contributed by atoms with van der Waals surface area (Å²) >= 11 is 1.65. The van der Waals surface area contributed by atoms with Gasteiger partial charge < -0.3 is 20.0 Å². The third-order valence-electron chi connectivity index (χ3n) is 7.76. The molecule has 3 heterocycles. The number of rotatable bonds is 7. The first-order valence-corrected chi connectivity index (χ1v) is 13.6. The van der Waals surface area contributed by atoms with Gasteiger partial charge in [0.15, 0.2) is 0 Å². The molecule has 1 aromatic carbocycles. The van der Waals surface area contributed by atoms with Gasteiger partial charge in [-0.1, -0.05) is 37.1 Å². The van der Waals surface area contributed by atoms with E-state index in [2.05, 4.69) is 38.5 Å². The van der Waals surface area contributed by atoms with Gasteiger partial charge in [0.05, 0.1) is 12.0 Å². The molecule has 3 aliphatic rings. The molecule has 1 N–H and O–H groups in total. The van der Waals surface area contributed by atoms with Gasteiger partial charge in [0.1, 0.15) is 0 Å². The van der Waals surface area contributed by atoms with Crippen molar-refractivity contribution in [2.75, 3.05) is 46.3 Å². The van der Waals surface area contributed by atoms with E-state index in [-0.39, 0.29) is 29.8 Å². The number of nitrogens with one attached hydrogen (secondary N) is 1. The van der Waals surface area contributed by atoms with E-state index in [0.717, 1.165) is 75.3 Å². The lowest BCUT2D eigenvalue weighted by Gasteiger charge is -2.44. The van der Waals surface area contributed by atoms with E-state index in [4.69, 9.17) is 0 Å². The summed E-state index contributed by atoms with van der Waals surface area (Å²) in [6.07, 6.45) is 5.29. The van der Waals surface area contributed by atoms with E-state index in [1.165, 1.54) is 0 Å². The van der Waals surface area contributed by atoms with Crippen LogP contribution in [-0.2, 0) is 4.79 Å². The quantitative estimate of drug-likeness (QED) is 0.614. The first kappa shape index (κ1) is 23.5. The molecule has 2 aromatic rings. The molecule has 1 saturated heterocycles. The van der Waals surface area contributed by atoms with E-state index in [1.54, 1.807) is 11.3 Å². The van der Waals surface area contributed by atoms with Crippen molar-refractivity contribution in [1.82, 2.24) is 20.0 Å². The molecule has 0 radical (unpaired) electrons. The van der Waals surface area contributed by atoms with Crippen molar-refractivity contribution in [3.8, 4) is 0 Å². The molecule has 2 atom stereocenters. The van der Waals surface area contributed by atoms with Crippen LogP contribution in [0.2, 0.25) is 0 Å². The molecular formula is C27H36N4O2S. The van der Waals surface area contributed by atoms with Crippen LogP contribution in [0.15, 0.2) is 41.8 Å². The van der Waals surface area contributed by atoms with Crippen LogP contribution in [0.1, 0.15) is 64.9 Å². The highest BCUT2D eigenvalue weighted by Crippen LogP contribution is 2.47. The third-order valence-corrected chi connectivity index (χ3v) is 8.70. The van der Waals surface area contributed by atoms with E-state index in [1.807, 2.05) is 30.3 Å². The van der Waals surface area contributed by atoms with Crippen LogP contribution in [0.25, 0.3) is 0 Å². The molecule has 1 aliphatic carbocycles. The van der Waals surface area contributed by atoms with E-state index >= 15 is 0 Å². The predicted molar refractivity (Wildman–Crippen MR) is 136 cm³/mol. The summed E-state index contributed by atoms with van der Waals surface area (Å²) in [7, 11) is 2.17. The van der Waals surface area contributed by atoms with Crippen molar-refractivity contribution in [2.24, 2.45) is 0 Å². The van der Waals surface area contributed by atoms with Crippen molar-refractivity contribution < 1.29 is 9.59 Å². The van der Waals surface area contributed by atoms with Gasteiger partial charge in [0, 0.05) is 49.2 Å². The summed E-state index contributed by atoms with van der Waals surface area (Å²) in [6.45, 7) is 6.09. The summed E-state index contributed by atoms with van der Waals surface area (Å²) < 4.78 is 0. The molecule has 1 aromatic heterocycles. The van der Waals surface area contributed by atoms with Gasteiger partial charge in [0.25, 0.3) is 5.91 Å². The lowest BCUT2D eigenvalue weighted by Crippen LogP contribution is -2.50. The topological polar surface area (TPSA) is 55.9 Å². The Morgan fingerprint density at radius 2 is 1.82 bits per heavy atom. The fourth-order valence-electron chi connectivity index (χ4n) is 5.88. The van der Waals surface area contributed by atoms with Crippen molar-refractivity contribution in [3.63, 3.8) is 0 Å². The minimum Gasteiger partial charge on any atom is -0.355 e. The highest BCUT2D eigenvalue weighted by Gasteiger charge is 2.47. The Morgan fingerprint density at radius 1 is 1.06 bits per heavy atom. The number of carbonyl (C=O) groups is 2. The second kappa shape index (κ2) is 10.6. The third kappa shape index (κ3) is 4.79. The first-order chi connectivity index (χ1) is 16.6. The Morgan fingerprint density at radius 3 is 2.56 bits per heavy atom. The SMILES string of the molecule is CN1CCN(CCCNC(=O)C2c3ccccc3C(=O)N(C3CCCC3)C2c2cccs2)CC1. The zero-order valence-electron chi connectivity index (χ0n) is 20.1. The molecule has 1 saturated carbocycles. The average Bonchev–Trinajstić information content (AvgIpc) is 3.57. The largest absolute Gasteiger partial charge is 0.355 e. The maximum absolute atomic E-state index is 13.8. The number of thiophene rings is 1. The molecule has 7 heteroatoms. The molecule has 182 valence electrons. The van der Waals surface area contributed by atoms with Gasteiger partial charge in [-0.15, -0.1) is 11.3 Å². The number of hydrogen-bond donors (Lipinski definition) is 1. The number of hydrogen-bond acceptors (Lipinski definition) is 5. The van der Waals surface area contributed by atoms with E-state index in [0.29, 0.717) is 12.1 Å². The second-order valence-electron chi connectivity index (χ2n) is 9.97. The maximum Gasteiger partial charge on any atom is 0.254 e. The van der Waals surface area contributed by atoms with Gasteiger partial charge in [-0.25, -0.2) is 0 Å². The second-order valence-corrected chi connectivity index (χ2v) is 10.9. The molecule has 0 spiro atoms. The number of benzene rings is 1. The minimum atomic E-state index is -0.378. The van der Waals surface area contributed by atoms with Crippen LogP contribution in [0.4, 0.5) is 0 Å². The van der Waals surface area contributed by atoms with Crippen molar-refractivity contribution >= 4 is 23.2 Å². The summed E-state index contributed by atoms with van der Waals surface area (Å²) in [5.74, 6) is -0.253. The average molecular weight is 481 g/mol. The van der Waals surface area contributed by atoms with Crippen molar-refractivity contribution in [2.45, 2.75) is 50.1 Å². The lowest BCUT2D eigenvalue weighted by molar-refractivity contribution is -0.124. The lowest BCUT2D eigenvalue weighted by atomic mass is 9.80. The van der Waals surface area contributed by atoms with Crippen LogP contribution in [-0.4, -0.2) is 78.9 Å². The normalized spacial score (nSPS) is 24.4. The first-order valence-electron chi connectivity index (χ1n) is 12.8. The highest BCUT2D eigenvalue weighted by atomic mass is 32.1. The zero-order valence-corrected chi connectivity index (χ0v) is 20.9. The molecule has 34 heavy (non-hydrogen) atoms. The Balaban J connectivity index is 1.36. The Labute approximate surface area is 206 Å². The summed E-state index contributed by atoms with van der Waals surface area (Å²) in [5, 5.41) is 5.30. The summed E-state index contributed by atoms with van der Waals surface area (Å²) in [4.78, 5) is 35.5. The van der Waals surface area contributed by atoms with Gasteiger partial charge in [-0.2, -0.15) is 0 Å². The number of amides is 2. The standard InChI is InChI=1S/C27H36N4O2S/c1-29-15-17-30(18-16-29)14-7-13-28-26(32)24-21-10-4-5-11-22(21)27(33)31(20-8-2-3-9-20)25(24)23-12-6-19-34-23/h4-6,10-12,19-20,24-25H,2-3,7-9,13-18H2,1H3,(H,28,32). The van der Waals surface area contributed by atoms with Gasteiger partial charge in [0.2, 0.25) is 5.91 Å². The fraction of sp³-hybridized carbons (Fsp3) is 0.556. The molecule has 2 unspecified atom stereocenters. The summed E-state index contributed by atoms with van der Waals surface area (Å²) in [6, 6.07) is 11.8. The molecule has 2 amide bonds. The Hall–Kier alpha value is -2.22. The number of likely N-dealkylation sites (N-methyl/N-ethyl adjacent to an activating group) is 1. The van der Waals surface area contributed by atoms with Crippen molar-refractivity contribution in [1.29, 1.82) is 0 Å². The Bertz CT molecular complexity index is 980. The molecule has 0 bridgehead atoms. The highest BCUT2D eigenvalue weighted by molar-refractivity contribution is 7.10. The monoisotopic (exact) mass is 480 g/mol. The molecule has 6 nitrogen and oxygen atoms in total. The number of piperazine rings is 1. The van der Waals surface area contributed by atoms with Crippen LogP contribution in [0.5, 0.6) is 0 Å². The fourth-order valence-corrected chi connectivity index (χ4v) is 6.74. The van der Waals surface area contributed by atoms with Crippen molar-refractivity contribution in [3.05, 3.63) is 57.8 Å². The minimum absolute atomic E-state index is 0.0414. The molecule has 5 rings (SSSR count). The smallest absolute Gasteiger partial charge is 0.254 e. The predicted octanol–water partition coefficient (Wildman–Crippen LogP) is 3.73. The summed E-state index contributed by atoms with van der Waals surface area (Å²) in [5.41, 5.74) is 1.57. The molecular weight excluding hydrogens is 444 g/mol. The van der Waals surface area contributed by atoms with Crippen LogP contribution in [0.3, 0.4) is 0 Å². The van der Waals surface area contributed by atoms with Crippen LogP contribution < -0.4 is 5.32 Å². The number of nitrogens with zero attached hydrogens (tertiary/aromatic N) is 3. The Kier molecular flexibility index (Phi) is 7.32. The van der Waals surface area contributed by atoms with E-state index in [9.17, 15) is 9.59 Å².